The third-order valence-electron chi connectivity index (χ3n) is 2.61. The standard InChI is InChI=1S/C10H16N6O/c1-4-16-7-11-12-10(16)6-15(3)5-9-8(2)13-17-14-9/h7H,4-6H2,1-3H3. The van der Waals surface area contributed by atoms with Gasteiger partial charge in [0.05, 0.1) is 6.54 Å². The van der Waals surface area contributed by atoms with Crippen LogP contribution in [0.4, 0.5) is 0 Å². The van der Waals surface area contributed by atoms with Crippen LogP contribution in [-0.2, 0) is 19.6 Å². The molecule has 0 atom stereocenters. The fourth-order valence-electron chi connectivity index (χ4n) is 1.61. The average Bonchev–Trinajstić information content (AvgIpc) is 2.89. The summed E-state index contributed by atoms with van der Waals surface area (Å²) in [6, 6.07) is 0. The molecule has 0 bridgehead atoms. The highest BCUT2D eigenvalue weighted by Crippen LogP contribution is 2.07. The van der Waals surface area contributed by atoms with Gasteiger partial charge in [0.15, 0.2) is 0 Å². The molecule has 0 unspecified atom stereocenters. The second-order valence-electron chi connectivity index (χ2n) is 4.00. The van der Waals surface area contributed by atoms with E-state index in [-0.39, 0.29) is 0 Å². The predicted molar refractivity (Wildman–Crippen MR) is 59.9 cm³/mol. The van der Waals surface area contributed by atoms with Crippen molar-refractivity contribution in [3.05, 3.63) is 23.5 Å². The summed E-state index contributed by atoms with van der Waals surface area (Å²) in [7, 11) is 2.00. The van der Waals surface area contributed by atoms with Crippen LogP contribution in [0.3, 0.4) is 0 Å². The van der Waals surface area contributed by atoms with E-state index in [1.54, 1.807) is 6.33 Å². The van der Waals surface area contributed by atoms with Crippen molar-refractivity contribution in [2.45, 2.75) is 33.5 Å². The summed E-state index contributed by atoms with van der Waals surface area (Å²) in [5, 5.41) is 15.6. The minimum Gasteiger partial charge on any atom is -0.317 e. The van der Waals surface area contributed by atoms with Gasteiger partial charge >= 0.3 is 0 Å². The van der Waals surface area contributed by atoms with Gasteiger partial charge in [-0.1, -0.05) is 10.3 Å². The highest BCUT2D eigenvalue weighted by atomic mass is 16.6. The maximum absolute atomic E-state index is 4.67. The van der Waals surface area contributed by atoms with E-state index < -0.39 is 0 Å². The molecule has 0 saturated carbocycles. The van der Waals surface area contributed by atoms with Crippen LogP contribution in [0.1, 0.15) is 24.1 Å². The van der Waals surface area contributed by atoms with Gasteiger partial charge in [0.1, 0.15) is 23.5 Å². The SMILES string of the molecule is CCn1cnnc1CN(C)Cc1nonc1C. The second kappa shape index (κ2) is 5.05. The molecule has 0 aliphatic carbocycles. The van der Waals surface area contributed by atoms with Gasteiger partial charge < -0.3 is 4.57 Å². The Morgan fingerprint density at radius 2 is 2.18 bits per heavy atom. The van der Waals surface area contributed by atoms with Crippen molar-refractivity contribution in [1.82, 2.24) is 30.0 Å². The van der Waals surface area contributed by atoms with Gasteiger partial charge in [-0.05, 0) is 20.9 Å². The third-order valence-corrected chi connectivity index (χ3v) is 2.61. The van der Waals surface area contributed by atoms with Crippen molar-refractivity contribution in [2.75, 3.05) is 7.05 Å². The lowest BCUT2D eigenvalue weighted by Crippen LogP contribution is -2.20. The Hall–Kier alpha value is -1.76. The van der Waals surface area contributed by atoms with Crippen LogP contribution in [0.2, 0.25) is 0 Å². The average molecular weight is 236 g/mol. The van der Waals surface area contributed by atoms with Gasteiger partial charge in [-0.3, -0.25) is 4.90 Å². The Morgan fingerprint density at radius 3 is 2.82 bits per heavy atom. The van der Waals surface area contributed by atoms with E-state index in [0.717, 1.165) is 30.3 Å². The lowest BCUT2D eigenvalue weighted by atomic mass is 10.3. The summed E-state index contributed by atoms with van der Waals surface area (Å²) in [4.78, 5) is 2.10. The maximum atomic E-state index is 4.67. The molecular formula is C10H16N6O. The number of hydrogen-bond donors (Lipinski definition) is 0. The molecule has 2 rings (SSSR count). The normalized spacial score (nSPS) is 11.3. The Morgan fingerprint density at radius 1 is 1.35 bits per heavy atom. The fourth-order valence-corrected chi connectivity index (χ4v) is 1.61. The molecule has 0 N–H and O–H groups in total. The first kappa shape index (κ1) is 11.7. The summed E-state index contributed by atoms with van der Waals surface area (Å²) in [6.07, 6.45) is 1.74. The maximum Gasteiger partial charge on any atom is 0.146 e. The topological polar surface area (TPSA) is 72.9 Å². The minimum atomic E-state index is 0.686. The molecular weight excluding hydrogens is 220 g/mol. The second-order valence-corrected chi connectivity index (χ2v) is 4.00. The predicted octanol–water partition coefficient (Wildman–Crippen LogP) is 0.621. The number of nitrogens with zero attached hydrogens (tertiary/aromatic N) is 6. The van der Waals surface area contributed by atoms with E-state index in [1.807, 2.05) is 18.5 Å². The van der Waals surface area contributed by atoms with E-state index in [9.17, 15) is 0 Å². The Labute approximate surface area is 99.4 Å². The molecule has 0 fully saturated rings. The van der Waals surface area contributed by atoms with Crippen LogP contribution in [0.5, 0.6) is 0 Å². The molecule has 0 radical (unpaired) electrons. The molecule has 2 aromatic rings. The molecule has 0 aliphatic rings. The van der Waals surface area contributed by atoms with Gasteiger partial charge in [-0.25, -0.2) is 4.63 Å². The Kier molecular flexibility index (Phi) is 3.48. The molecule has 0 aromatic carbocycles. The number of hydrogen-bond acceptors (Lipinski definition) is 6. The zero-order valence-corrected chi connectivity index (χ0v) is 10.3. The van der Waals surface area contributed by atoms with Crippen LogP contribution >= 0.6 is 0 Å². The van der Waals surface area contributed by atoms with Gasteiger partial charge in [0.25, 0.3) is 0 Å². The van der Waals surface area contributed by atoms with Crippen molar-refractivity contribution in [3.63, 3.8) is 0 Å². The van der Waals surface area contributed by atoms with Crippen LogP contribution in [-0.4, -0.2) is 37.0 Å². The van der Waals surface area contributed by atoms with Crippen molar-refractivity contribution in [1.29, 1.82) is 0 Å². The Bertz CT molecular complexity index is 477. The summed E-state index contributed by atoms with van der Waals surface area (Å²) in [6.45, 7) is 6.24. The number of rotatable bonds is 5. The first-order chi connectivity index (χ1) is 8.20. The molecule has 0 saturated heterocycles. The molecule has 2 heterocycles. The number of aryl methyl sites for hydroxylation is 2. The molecule has 0 aliphatic heterocycles. The molecule has 0 spiro atoms. The van der Waals surface area contributed by atoms with Crippen molar-refractivity contribution < 1.29 is 4.63 Å². The van der Waals surface area contributed by atoms with E-state index in [2.05, 4.69) is 37.0 Å². The summed E-state index contributed by atoms with van der Waals surface area (Å²) < 4.78 is 6.68. The van der Waals surface area contributed by atoms with Crippen molar-refractivity contribution in [2.24, 2.45) is 0 Å². The fraction of sp³-hybridized carbons (Fsp3) is 0.600. The molecule has 2 aromatic heterocycles. The molecule has 0 amide bonds. The van der Waals surface area contributed by atoms with Gasteiger partial charge in [-0.15, -0.1) is 10.2 Å². The van der Waals surface area contributed by atoms with Crippen LogP contribution < -0.4 is 0 Å². The first-order valence-electron chi connectivity index (χ1n) is 5.54. The van der Waals surface area contributed by atoms with Gasteiger partial charge in [0.2, 0.25) is 0 Å². The van der Waals surface area contributed by atoms with Crippen LogP contribution in [0, 0.1) is 6.92 Å². The molecule has 17 heavy (non-hydrogen) atoms. The largest absolute Gasteiger partial charge is 0.317 e. The van der Waals surface area contributed by atoms with E-state index in [1.165, 1.54) is 0 Å². The highest BCUT2D eigenvalue weighted by Gasteiger charge is 2.11. The lowest BCUT2D eigenvalue weighted by molar-refractivity contribution is 0.274. The zero-order chi connectivity index (χ0) is 12.3. The molecule has 7 nitrogen and oxygen atoms in total. The minimum absolute atomic E-state index is 0.686. The quantitative estimate of drug-likeness (QED) is 0.757. The zero-order valence-electron chi connectivity index (χ0n) is 10.3. The summed E-state index contributed by atoms with van der Waals surface area (Å²) in [5.74, 6) is 0.948. The van der Waals surface area contributed by atoms with Gasteiger partial charge in [0, 0.05) is 13.1 Å². The Balaban J connectivity index is 1.98. The van der Waals surface area contributed by atoms with Crippen molar-refractivity contribution in [3.8, 4) is 0 Å². The monoisotopic (exact) mass is 236 g/mol. The highest BCUT2D eigenvalue weighted by molar-refractivity contribution is 5.04. The van der Waals surface area contributed by atoms with E-state index in [0.29, 0.717) is 6.54 Å². The van der Waals surface area contributed by atoms with Crippen LogP contribution in [0.25, 0.3) is 0 Å². The number of aromatic nitrogens is 5. The summed E-state index contributed by atoms with van der Waals surface area (Å²) >= 11 is 0. The first-order valence-corrected chi connectivity index (χ1v) is 5.54. The lowest BCUT2D eigenvalue weighted by Gasteiger charge is -2.14. The smallest absolute Gasteiger partial charge is 0.146 e. The van der Waals surface area contributed by atoms with E-state index >= 15 is 0 Å². The van der Waals surface area contributed by atoms with Crippen molar-refractivity contribution >= 4 is 0 Å². The molecule has 92 valence electrons. The molecule has 7 heteroatoms. The van der Waals surface area contributed by atoms with Crippen LogP contribution in [0.15, 0.2) is 11.0 Å². The van der Waals surface area contributed by atoms with E-state index in [4.69, 9.17) is 0 Å². The summed E-state index contributed by atoms with van der Waals surface area (Å²) in [5.41, 5.74) is 1.68. The van der Waals surface area contributed by atoms with Gasteiger partial charge in [-0.2, -0.15) is 0 Å². The third kappa shape index (κ3) is 2.68.